The molecule has 0 unspecified atom stereocenters. The number of nitrogens with zero attached hydrogens (tertiary/aromatic N) is 1. The number of hydrogen-bond donors (Lipinski definition) is 1. The van der Waals surface area contributed by atoms with E-state index in [-0.39, 0.29) is 5.91 Å². The van der Waals surface area contributed by atoms with E-state index in [1.165, 1.54) is 12.8 Å². The average Bonchev–Trinajstić information content (AvgIpc) is 2.84. The molecule has 2 aromatic carbocycles. The van der Waals surface area contributed by atoms with Gasteiger partial charge in [-0.2, -0.15) is 0 Å². The highest BCUT2D eigenvalue weighted by Gasteiger charge is 2.07. The molecule has 0 saturated heterocycles. The number of aryl methyl sites for hydroxylation is 1. The summed E-state index contributed by atoms with van der Waals surface area (Å²) < 4.78 is 13.5. The summed E-state index contributed by atoms with van der Waals surface area (Å²) in [5.74, 6) is 1.66. The number of rotatable bonds is 14. The fourth-order valence-corrected chi connectivity index (χ4v) is 3.79. The van der Waals surface area contributed by atoms with Gasteiger partial charge in [0.15, 0.2) is 12.4 Å². The van der Waals surface area contributed by atoms with Crippen LogP contribution in [0.4, 0.5) is 0 Å². The first kappa shape index (κ1) is 25.6. The van der Waals surface area contributed by atoms with Crippen molar-refractivity contribution in [2.24, 2.45) is 7.05 Å². The van der Waals surface area contributed by atoms with Crippen LogP contribution in [-0.4, -0.2) is 19.1 Å². The van der Waals surface area contributed by atoms with E-state index in [0.29, 0.717) is 23.8 Å². The second-order valence-electron chi connectivity index (χ2n) is 8.37. The van der Waals surface area contributed by atoms with Crippen molar-refractivity contribution in [1.29, 1.82) is 0 Å². The Bertz CT molecular complexity index is 1020. The molecule has 0 saturated carbocycles. The monoisotopic (exact) mass is 481 g/mol. The summed E-state index contributed by atoms with van der Waals surface area (Å²) in [4.78, 5) is 12.1. The molecule has 180 valence electrons. The Morgan fingerprint density at radius 1 is 0.882 bits per heavy atom. The van der Waals surface area contributed by atoms with Gasteiger partial charge in [0.1, 0.15) is 30.7 Å². The highest BCUT2D eigenvalue weighted by Crippen LogP contribution is 2.20. The van der Waals surface area contributed by atoms with Crippen molar-refractivity contribution in [1.82, 2.24) is 5.32 Å². The van der Waals surface area contributed by atoms with Gasteiger partial charge in [-0.1, -0.05) is 49.4 Å². The maximum absolute atomic E-state index is 12.1. The second-order valence-corrected chi connectivity index (χ2v) is 8.81. The van der Waals surface area contributed by atoms with Crippen LogP contribution in [0.3, 0.4) is 0 Å². The Labute approximate surface area is 207 Å². The molecule has 0 radical (unpaired) electrons. The van der Waals surface area contributed by atoms with Crippen molar-refractivity contribution in [3.05, 3.63) is 89.2 Å². The van der Waals surface area contributed by atoms with Crippen LogP contribution in [0.15, 0.2) is 73.1 Å². The molecule has 0 bridgehead atoms. The fraction of sp³-hybridized carbons (Fsp3) is 0.357. The molecular weight excluding hydrogens is 448 g/mol. The number of aromatic nitrogens is 1. The maximum Gasteiger partial charge on any atom is 0.257 e. The van der Waals surface area contributed by atoms with Crippen LogP contribution in [0.2, 0.25) is 5.02 Å². The summed E-state index contributed by atoms with van der Waals surface area (Å²) in [6.45, 7) is 1.92. The number of carbonyl (C=O) groups is 1. The Hall–Kier alpha value is -3.05. The first-order valence-electron chi connectivity index (χ1n) is 11.9. The van der Waals surface area contributed by atoms with E-state index in [4.69, 9.17) is 21.1 Å². The van der Waals surface area contributed by atoms with Crippen molar-refractivity contribution in [2.45, 2.75) is 45.1 Å². The molecule has 0 aliphatic carbocycles. The minimum absolute atomic E-state index is 0.00551. The number of pyridine rings is 1. The number of amides is 1. The van der Waals surface area contributed by atoms with Gasteiger partial charge in [-0.15, -0.1) is 0 Å². The molecule has 0 aliphatic rings. The maximum atomic E-state index is 12.1. The van der Waals surface area contributed by atoms with Crippen LogP contribution in [-0.2, 0) is 13.7 Å². The van der Waals surface area contributed by atoms with Crippen molar-refractivity contribution in [3.63, 3.8) is 0 Å². The minimum atomic E-state index is -0.00551. The number of ether oxygens (including phenoxy) is 2. The Balaban J connectivity index is 1.18. The predicted molar refractivity (Wildman–Crippen MR) is 135 cm³/mol. The number of benzene rings is 2. The van der Waals surface area contributed by atoms with Gasteiger partial charge >= 0.3 is 0 Å². The van der Waals surface area contributed by atoms with Gasteiger partial charge in [0.2, 0.25) is 0 Å². The summed E-state index contributed by atoms with van der Waals surface area (Å²) in [6, 6.07) is 19.1. The standard InChI is InChI=1S/C28H33ClN2O3/c1-31-18-9-11-24(21-31)28(32)30-17-6-4-2-3-5-7-19-33-26-13-15-27(16-14-26)34-22-23-10-8-12-25(29)20-23/h8-16,18,20-21H,2-7,17,19,22H2,1H3/p+1. The van der Waals surface area contributed by atoms with E-state index < -0.39 is 0 Å². The first-order chi connectivity index (χ1) is 16.6. The predicted octanol–water partition coefficient (Wildman–Crippen LogP) is 5.89. The van der Waals surface area contributed by atoms with Crippen molar-refractivity contribution in [2.75, 3.05) is 13.2 Å². The lowest BCUT2D eigenvalue weighted by atomic mass is 10.1. The Kier molecular flexibility index (Phi) is 10.7. The zero-order valence-electron chi connectivity index (χ0n) is 19.8. The molecule has 0 spiro atoms. The molecule has 0 atom stereocenters. The Morgan fingerprint density at radius 2 is 1.59 bits per heavy atom. The van der Waals surface area contributed by atoms with Crippen molar-refractivity contribution < 1.29 is 18.8 Å². The third-order valence-electron chi connectivity index (χ3n) is 5.45. The van der Waals surface area contributed by atoms with E-state index in [0.717, 1.165) is 49.3 Å². The normalized spacial score (nSPS) is 10.6. The molecule has 0 fully saturated rings. The molecule has 1 heterocycles. The molecule has 5 nitrogen and oxygen atoms in total. The van der Waals surface area contributed by atoms with Crippen LogP contribution in [0.5, 0.6) is 11.5 Å². The van der Waals surface area contributed by atoms with Crippen LogP contribution in [0.25, 0.3) is 0 Å². The number of hydrogen-bond acceptors (Lipinski definition) is 3. The fourth-order valence-electron chi connectivity index (χ4n) is 3.58. The topological polar surface area (TPSA) is 51.4 Å². The molecule has 34 heavy (non-hydrogen) atoms. The summed E-state index contributed by atoms with van der Waals surface area (Å²) in [5, 5.41) is 3.71. The molecule has 6 heteroatoms. The SMILES string of the molecule is C[n+]1cccc(C(=O)NCCCCCCCCOc2ccc(OCc3cccc(Cl)c3)cc2)c1. The van der Waals surface area contributed by atoms with E-state index >= 15 is 0 Å². The summed E-state index contributed by atoms with van der Waals surface area (Å²) in [5.41, 5.74) is 1.74. The summed E-state index contributed by atoms with van der Waals surface area (Å²) >= 11 is 6.00. The van der Waals surface area contributed by atoms with Gasteiger partial charge in [0, 0.05) is 17.6 Å². The number of halogens is 1. The van der Waals surface area contributed by atoms with E-state index in [1.54, 1.807) is 0 Å². The zero-order valence-corrected chi connectivity index (χ0v) is 20.6. The average molecular weight is 482 g/mol. The quantitative estimate of drug-likeness (QED) is 0.230. The highest BCUT2D eigenvalue weighted by molar-refractivity contribution is 6.30. The largest absolute Gasteiger partial charge is 0.494 e. The van der Waals surface area contributed by atoms with Gasteiger partial charge in [-0.25, -0.2) is 4.57 Å². The molecular formula is C28H34ClN2O3+. The van der Waals surface area contributed by atoms with Gasteiger partial charge in [0.05, 0.1) is 6.61 Å². The van der Waals surface area contributed by atoms with Crippen molar-refractivity contribution in [3.8, 4) is 11.5 Å². The van der Waals surface area contributed by atoms with Gasteiger partial charge < -0.3 is 14.8 Å². The summed E-state index contributed by atoms with van der Waals surface area (Å²) in [7, 11) is 1.91. The van der Waals surface area contributed by atoms with E-state index in [9.17, 15) is 4.79 Å². The van der Waals surface area contributed by atoms with Crippen LogP contribution < -0.4 is 19.4 Å². The lowest BCUT2D eigenvalue weighted by molar-refractivity contribution is -0.671. The van der Waals surface area contributed by atoms with Crippen LogP contribution >= 0.6 is 11.6 Å². The molecule has 1 aromatic heterocycles. The number of carbonyl (C=O) groups excluding carboxylic acids is 1. The Morgan fingerprint density at radius 3 is 2.32 bits per heavy atom. The number of unbranched alkanes of at least 4 members (excludes halogenated alkanes) is 5. The number of nitrogens with one attached hydrogen (secondary N) is 1. The lowest BCUT2D eigenvalue weighted by Crippen LogP contribution is -2.31. The zero-order chi connectivity index (χ0) is 24.0. The minimum Gasteiger partial charge on any atom is -0.494 e. The first-order valence-corrected chi connectivity index (χ1v) is 12.3. The third kappa shape index (κ3) is 9.44. The van der Waals surface area contributed by atoms with Gasteiger partial charge in [-0.3, -0.25) is 4.79 Å². The molecule has 3 rings (SSSR count). The second kappa shape index (κ2) is 14.3. The molecule has 3 aromatic rings. The summed E-state index contributed by atoms with van der Waals surface area (Å²) in [6.07, 6.45) is 10.4. The van der Waals surface area contributed by atoms with Gasteiger partial charge in [0.25, 0.3) is 5.91 Å². The van der Waals surface area contributed by atoms with E-state index in [1.807, 2.05) is 84.7 Å². The highest BCUT2D eigenvalue weighted by atomic mass is 35.5. The molecule has 0 aliphatic heterocycles. The smallest absolute Gasteiger partial charge is 0.257 e. The molecule has 1 N–H and O–H groups in total. The van der Waals surface area contributed by atoms with Crippen molar-refractivity contribution >= 4 is 17.5 Å². The third-order valence-corrected chi connectivity index (χ3v) is 5.68. The van der Waals surface area contributed by atoms with Crippen LogP contribution in [0.1, 0.15) is 54.4 Å². The lowest BCUT2D eigenvalue weighted by Gasteiger charge is -2.09. The van der Waals surface area contributed by atoms with Crippen LogP contribution in [0, 0.1) is 0 Å². The van der Waals surface area contributed by atoms with Gasteiger partial charge in [-0.05, 0) is 60.9 Å². The molecule has 1 amide bonds. The van der Waals surface area contributed by atoms with E-state index in [2.05, 4.69) is 5.32 Å².